The molecule has 0 aliphatic carbocycles. The molecule has 0 amide bonds. The number of hydrogen-bond acceptors (Lipinski definition) is 7. The van der Waals surface area contributed by atoms with Gasteiger partial charge >= 0.3 is 0 Å². The summed E-state index contributed by atoms with van der Waals surface area (Å²) in [7, 11) is 0. The van der Waals surface area contributed by atoms with E-state index < -0.39 is 5.82 Å². The van der Waals surface area contributed by atoms with Crippen LogP contribution in [0.5, 0.6) is 23.1 Å². The van der Waals surface area contributed by atoms with Crippen LogP contribution in [0.1, 0.15) is 27.8 Å². The van der Waals surface area contributed by atoms with Crippen LogP contribution in [0.3, 0.4) is 0 Å². The van der Waals surface area contributed by atoms with Crippen LogP contribution in [0.2, 0.25) is 5.02 Å². The normalized spacial score (nSPS) is 13.6. The molecule has 0 bridgehead atoms. The van der Waals surface area contributed by atoms with E-state index in [1.54, 1.807) is 30.3 Å². The van der Waals surface area contributed by atoms with Crippen LogP contribution in [-0.4, -0.2) is 53.9 Å². The Morgan fingerprint density at radius 1 is 0.860 bits per heavy atom. The zero-order chi connectivity index (χ0) is 34.7. The zero-order valence-electron chi connectivity index (χ0n) is 27.9. The van der Waals surface area contributed by atoms with Gasteiger partial charge in [-0.15, -0.1) is 0 Å². The third-order valence-corrected chi connectivity index (χ3v) is 8.92. The molecule has 0 atom stereocenters. The largest absolute Gasteiger partial charge is 0.493 e. The predicted octanol–water partition coefficient (Wildman–Crippen LogP) is 8.53. The van der Waals surface area contributed by atoms with E-state index >= 15 is 4.39 Å². The molecular formula is C41H39ClFN3O4. The molecule has 9 heteroatoms. The molecule has 4 aromatic carbocycles. The molecule has 0 spiro atoms. The minimum atomic E-state index is -0.552. The summed E-state index contributed by atoms with van der Waals surface area (Å²) in [5, 5.41) is 0.627. The fourth-order valence-electron chi connectivity index (χ4n) is 5.73. The van der Waals surface area contributed by atoms with E-state index in [2.05, 4.69) is 58.1 Å². The smallest absolute Gasteiger partial charge is 0.219 e. The molecule has 50 heavy (non-hydrogen) atoms. The lowest BCUT2D eigenvalue weighted by atomic mass is 10.1. The summed E-state index contributed by atoms with van der Waals surface area (Å²) in [6.07, 6.45) is 4.60. The molecule has 6 rings (SSSR count). The van der Waals surface area contributed by atoms with Crippen molar-refractivity contribution in [3.63, 3.8) is 0 Å². The first kappa shape index (κ1) is 34.7. The summed E-state index contributed by atoms with van der Waals surface area (Å²) >= 11 is 6.20. The lowest BCUT2D eigenvalue weighted by Crippen LogP contribution is -2.45. The minimum absolute atomic E-state index is 0.0334. The minimum Gasteiger partial charge on any atom is -0.493 e. The average Bonchev–Trinajstić information content (AvgIpc) is 3.14. The fourth-order valence-corrected chi connectivity index (χ4v) is 5.92. The molecule has 0 N–H and O–H groups in total. The van der Waals surface area contributed by atoms with Gasteiger partial charge in [-0.3, -0.25) is 9.69 Å². The topological polar surface area (TPSA) is 64.1 Å². The third-order valence-electron chi connectivity index (χ3n) is 8.55. The van der Waals surface area contributed by atoms with Gasteiger partial charge in [0.2, 0.25) is 5.88 Å². The highest BCUT2D eigenvalue weighted by atomic mass is 35.5. The molecule has 1 aliphatic rings. The second-order valence-corrected chi connectivity index (χ2v) is 12.5. The van der Waals surface area contributed by atoms with Crippen molar-refractivity contribution in [3.8, 4) is 23.1 Å². The van der Waals surface area contributed by atoms with Gasteiger partial charge in [0.25, 0.3) is 0 Å². The Kier molecular flexibility index (Phi) is 11.8. The molecule has 7 nitrogen and oxygen atoms in total. The first-order valence-electron chi connectivity index (χ1n) is 16.6. The lowest BCUT2D eigenvalue weighted by Gasteiger charge is -2.37. The maximum absolute atomic E-state index is 15.3. The Labute approximate surface area is 297 Å². The van der Waals surface area contributed by atoms with Crippen LogP contribution in [-0.2, 0) is 24.4 Å². The van der Waals surface area contributed by atoms with Gasteiger partial charge < -0.3 is 19.1 Å². The first-order chi connectivity index (χ1) is 24.4. The summed E-state index contributed by atoms with van der Waals surface area (Å²) < 4.78 is 32.7. The average molecular weight is 692 g/mol. The molecule has 2 heterocycles. The molecule has 1 aliphatic heterocycles. The van der Waals surface area contributed by atoms with Crippen molar-refractivity contribution in [2.24, 2.45) is 0 Å². The number of allylic oxidation sites excluding steroid dienone is 1. The Morgan fingerprint density at radius 2 is 1.60 bits per heavy atom. The number of aromatic nitrogens is 1. The third kappa shape index (κ3) is 9.49. The van der Waals surface area contributed by atoms with E-state index in [0.29, 0.717) is 48.3 Å². The summed E-state index contributed by atoms with van der Waals surface area (Å²) in [5.41, 5.74) is 5.85. The Morgan fingerprint density at radius 3 is 2.30 bits per heavy atom. The molecule has 1 fully saturated rings. The van der Waals surface area contributed by atoms with E-state index in [4.69, 9.17) is 25.8 Å². The van der Waals surface area contributed by atoms with Crippen molar-refractivity contribution in [3.05, 3.63) is 154 Å². The summed E-state index contributed by atoms with van der Waals surface area (Å²) in [6, 6.07) is 32.3. The van der Waals surface area contributed by atoms with Crippen molar-refractivity contribution in [1.82, 2.24) is 14.8 Å². The number of piperazine rings is 1. The number of benzene rings is 4. The van der Waals surface area contributed by atoms with E-state index in [-0.39, 0.29) is 11.6 Å². The highest BCUT2D eigenvalue weighted by Crippen LogP contribution is 2.29. The van der Waals surface area contributed by atoms with Crippen LogP contribution < -0.4 is 14.2 Å². The van der Waals surface area contributed by atoms with Crippen molar-refractivity contribution < 1.29 is 23.4 Å². The summed E-state index contributed by atoms with van der Waals surface area (Å²) in [6.45, 7) is 6.88. The first-order valence-corrected chi connectivity index (χ1v) is 17.0. The van der Waals surface area contributed by atoms with Crippen LogP contribution in [0.4, 0.5) is 4.39 Å². The number of pyridine rings is 1. The van der Waals surface area contributed by atoms with Crippen LogP contribution in [0, 0.1) is 12.7 Å². The van der Waals surface area contributed by atoms with Crippen molar-refractivity contribution in [2.75, 3.05) is 32.8 Å². The van der Waals surface area contributed by atoms with Crippen molar-refractivity contribution in [2.45, 2.75) is 26.5 Å². The number of carbonyl (C=O) groups is 1. The molecule has 1 aromatic heterocycles. The van der Waals surface area contributed by atoms with Gasteiger partial charge in [0.15, 0.2) is 11.6 Å². The number of aryl methyl sites for hydroxylation is 1. The summed E-state index contributed by atoms with van der Waals surface area (Å²) in [5.74, 6) is 1.13. The quantitative estimate of drug-likeness (QED) is 0.0855. The van der Waals surface area contributed by atoms with Gasteiger partial charge in [-0.05, 0) is 60.5 Å². The number of carbonyl (C=O) groups excluding carboxylic acids is 1. The molecule has 256 valence electrons. The van der Waals surface area contributed by atoms with Crippen LogP contribution in [0.25, 0.3) is 5.70 Å². The molecule has 0 saturated carbocycles. The SMILES string of the molecule is Cc1ccc(OCCc2ccc(CN3CCN(/C(=C/C=O)c4ccc(Oc5ccc(OCc6ccccc6Cl)cn5)c(F)c4)CC3)cc2)cc1. The van der Waals surface area contributed by atoms with Crippen LogP contribution in [0.15, 0.2) is 115 Å². The van der Waals surface area contributed by atoms with Gasteiger partial charge in [-0.25, -0.2) is 9.37 Å². The highest BCUT2D eigenvalue weighted by molar-refractivity contribution is 6.31. The van der Waals surface area contributed by atoms with Gasteiger partial charge in [-0.2, -0.15) is 0 Å². The predicted molar refractivity (Wildman–Crippen MR) is 194 cm³/mol. The van der Waals surface area contributed by atoms with E-state index in [9.17, 15) is 4.79 Å². The van der Waals surface area contributed by atoms with Crippen molar-refractivity contribution >= 4 is 23.6 Å². The Balaban J connectivity index is 0.981. The van der Waals surface area contributed by atoms with Gasteiger partial charge in [-0.1, -0.05) is 71.8 Å². The molecule has 0 radical (unpaired) electrons. The molecule has 5 aromatic rings. The van der Waals surface area contributed by atoms with E-state index in [1.807, 2.05) is 30.3 Å². The second-order valence-electron chi connectivity index (χ2n) is 12.1. The standard InChI is InChI=1S/C41H39ClFN3O4/c1-30-6-13-35(14-7-30)48-25-19-31-8-10-32(11-9-31)28-45-20-22-46(23-21-45)39(18-24-47)33-12-16-40(38(43)26-33)50-41-17-15-36(27-44-41)49-29-34-4-2-3-5-37(34)42/h2-18,24,26-27H,19-23,25,28-29H2,1H3/b39-18+. The molecule has 1 saturated heterocycles. The number of aldehydes is 1. The van der Waals surface area contributed by atoms with E-state index in [1.165, 1.54) is 35.0 Å². The summed E-state index contributed by atoms with van der Waals surface area (Å²) in [4.78, 5) is 20.4. The highest BCUT2D eigenvalue weighted by Gasteiger charge is 2.21. The fraction of sp³-hybridized carbons (Fsp3) is 0.220. The number of ether oxygens (including phenoxy) is 3. The lowest BCUT2D eigenvalue weighted by molar-refractivity contribution is -0.104. The second kappa shape index (κ2) is 17.0. The maximum Gasteiger partial charge on any atom is 0.219 e. The van der Waals surface area contributed by atoms with Crippen LogP contribution >= 0.6 is 11.6 Å². The van der Waals surface area contributed by atoms with Gasteiger partial charge in [0, 0.05) is 73.1 Å². The Bertz CT molecular complexity index is 1890. The number of hydrogen-bond donors (Lipinski definition) is 0. The van der Waals surface area contributed by atoms with Crippen molar-refractivity contribution in [1.29, 1.82) is 0 Å². The monoisotopic (exact) mass is 691 g/mol. The zero-order valence-corrected chi connectivity index (χ0v) is 28.7. The number of halogens is 2. The number of rotatable bonds is 14. The molecular weight excluding hydrogens is 653 g/mol. The van der Waals surface area contributed by atoms with E-state index in [0.717, 1.165) is 43.7 Å². The maximum atomic E-state index is 15.3. The molecule has 0 unspecified atom stereocenters. The van der Waals surface area contributed by atoms with Gasteiger partial charge in [0.05, 0.1) is 12.8 Å². The number of nitrogens with zero attached hydrogens (tertiary/aromatic N) is 3. The van der Waals surface area contributed by atoms with Gasteiger partial charge in [0.1, 0.15) is 24.4 Å². The Hall–Kier alpha value is -5.18.